The fraction of sp³-hybridized carbons (Fsp3) is 0.647. The van der Waals surface area contributed by atoms with E-state index in [-0.39, 0.29) is 0 Å². The highest BCUT2D eigenvalue weighted by molar-refractivity contribution is 5.36. The zero-order valence-corrected chi connectivity index (χ0v) is 13.1. The summed E-state index contributed by atoms with van der Waals surface area (Å²) in [6.45, 7) is 10.6. The van der Waals surface area contributed by atoms with Crippen LogP contribution in [0.1, 0.15) is 43.7 Å². The molecule has 1 saturated heterocycles. The minimum Gasteiger partial charge on any atom is -0.492 e. The molecule has 0 radical (unpaired) electrons. The maximum absolute atomic E-state index is 5.91. The van der Waals surface area contributed by atoms with Crippen LogP contribution in [0.5, 0.6) is 5.75 Å². The van der Waals surface area contributed by atoms with Crippen molar-refractivity contribution in [3.05, 3.63) is 29.3 Å². The van der Waals surface area contributed by atoms with E-state index in [1.54, 1.807) is 0 Å². The van der Waals surface area contributed by atoms with Gasteiger partial charge in [-0.25, -0.2) is 0 Å². The number of hydrogen-bond donors (Lipinski definition) is 1. The van der Waals surface area contributed by atoms with E-state index in [2.05, 4.69) is 43.9 Å². The van der Waals surface area contributed by atoms with Gasteiger partial charge in [-0.1, -0.05) is 19.9 Å². The number of nitrogens with two attached hydrogens (primary N) is 1. The normalized spacial score (nSPS) is 17.6. The maximum Gasteiger partial charge on any atom is 0.119 e. The van der Waals surface area contributed by atoms with Crippen LogP contribution < -0.4 is 10.5 Å². The topological polar surface area (TPSA) is 38.5 Å². The number of likely N-dealkylation sites (tertiary alicyclic amines) is 1. The Labute approximate surface area is 123 Å². The molecule has 0 amide bonds. The van der Waals surface area contributed by atoms with E-state index in [0.29, 0.717) is 12.0 Å². The molecule has 2 N–H and O–H groups in total. The Bertz CT molecular complexity index is 423. The van der Waals surface area contributed by atoms with Gasteiger partial charge in [-0.15, -0.1) is 0 Å². The molecule has 0 aromatic heterocycles. The Kier molecular flexibility index (Phi) is 5.44. The summed E-state index contributed by atoms with van der Waals surface area (Å²) < 4.78 is 5.88. The van der Waals surface area contributed by atoms with Crippen LogP contribution in [0.3, 0.4) is 0 Å². The summed E-state index contributed by atoms with van der Waals surface area (Å²) in [5.41, 5.74) is 8.64. The summed E-state index contributed by atoms with van der Waals surface area (Å²) in [5, 5.41) is 0. The van der Waals surface area contributed by atoms with Crippen molar-refractivity contribution < 1.29 is 4.74 Å². The quantitative estimate of drug-likeness (QED) is 0.898. The molecule has 2 rings (SSSR count). The van der Waals surface area contributed by atoms with Gasteiger partial charge in [-0.3, -0.25) is 4.90 Å². The van der Waals surface area contributed by atoms with Gasteiger partial charge in [0.1, 0.15) is 12.4 Å². The van der Waals surface area contributed by atoms with Crippen molar-refractivity contribution in [2.45, 2.75) is 45.6 Å². The number of benzene rings is 1. The molecule has 1 aromatic carbocycles. The van der Waals surface area contributed by atoms with Gasteiger partial charge in [0.15, 0.2) is 0 Å². The molecule has 3 heteroatoms. The van der Waals surface area contributed by atoms with Crippen molar-refractivity contribution in [1.82, 2.24) is 4.90 Å². The molecule has 0 spiro atoms. The van der Waals surface area contributed by atoms with E-state index in [1.807, 2.05) is 0 Å². The van der Waals surface area contributed by atoms with Crippen LogP contribution in [-0.2, 0) is 0 Å². The van der Waals surface area contributed by atoms with Gasteiger partial charge < -0.3 is 10.5 Å². The molecule has 3 nitrogen and oxygen atoms in total. The van der Waals surface area contributed by atoms with Gasteiger partial charge in [0.25, 0.3) is 0 Å². The molecular formula is C17H28N2O. The van der Waals surface area contributed by atoms with Crippen LogP contribution in [0, 0.1) is 6.92 Å². The molecule has 20 heavy (non-hydrogen) atoms. The molecule has 0 unspecified atom stereocenters. The van der Waals surface area contributed by atoms with Crippen LogP contribution in [0.15, 0.2) is 18.2 Å². The van der Waals surface area contributed by atoms with Crippen LogP contribution in [0.25, 0.3) is 0 Å². The average molecular weight is 276 g/mol. The molecule has 0 aliphatic carbocycles. The van der Waals surface area contributed by atoms with Crippen molar-refractivity contribution in [2.75, 3.05) is 26.2 Å². The van der Waals surface area contributed by atoms with Crippen LogP contribution >= 0.6 is 0 Å². The number of hydrogen-bond acceptors (Lipinski definition) is 3. The van der Waals surface area contributed by atoms with Gasteiger partial charge >= 0.3 is 0 Å². The third-order valence-corrected chi connectivity index (χ3v) is 4.17. The summed E-state index contributed by atoms with van der Waals surface area (Å²) in [6, 6.07) is 6.84. The standard InChI is InChI=1S/C17H28N2O/c1-13(2)17-5-4-16(12-14(17)3)20-11-10-19-8-6-15(18)7-9-19/h4-5,12-13,15H,6-11,18H2,1-3H3. The minimum absolute atomic E-state index is 0.401. The SMILES string of the molecule is Cc1cc(OCCN2CCC(N)CC2)ccc1C(C)C. The second-order valence-corrected chi connectivity index (χ2v) is 6.20. The zero-order chi connectivity index (χ0) is 14.5. The summed E-state index contributed by atoms with van der Waals surface area (Å²) in [5.74, 6) is 1.56. The second-order valence-electron chi connectivity index (χ2n) is 6.20. The molecule has 112 valence electrons. The van der Waals surface area contributed by atoms with Gasteiger partial charge in [-0.05, 0) is 62.0 Å². The lowest BCUT2D eigenvalue weighted by molar-refractivity contribution is 0.174. The number of nitrogens with zero attached hydrogens (tertiary/aromatic N) is 1. The van der Waals surface area contributed by atoms with Gasteiger partial charge in [0.05, 0.1) is 0 Å². The molecule has 0 saturated carbocycles. The Morgan fingerprint density at radius 3 is 2.60 bits per heavy atom. The maximum atomic E-state index is 5.91. The fourth-order valence-corrected chi connectivity index (χ4v) is 2.85. The van der Waals surface area contributed by atoms with Crippen LogP contribution in [0.2, 0.25) is 0 Å². The first-order chi connectivity index (χ1) is 9.56. The first kappa shape index (κ1) is 15.3. The third kappa shape index (κ3) is 4.22. The predicted molar refractivity (Wildman–Crippen MR) is 84.4 cm³/mol. The number of ether oxygens (including phenoxy) is 1. The summed E-state index contributed by atoms with van der Waals surface area (Å²) in [7, 11) is 0. The molecule has 1 aliphatic heterocycles. The Hall–Kier alpha value is -1.06. The highest BCUT2D eigenvalue weighted by Gasteiger charge is 2.15. The van der Waals surface area contributed by atoms with Crippen molar-refractivity contribution in [2.24, 2.45) is 5.73 Å². The molecule has 1 aliphatic rings. The summed E-state index contributed by atoms with van der Waals surface area (Å²) in [6.07, 6.45) is 2.23. The van der Waals surface area contributed by atoms with E-state index >= 15 is 0 Å². The summed E-state index contributed by atoms with van der Waals surface area (Å²) >= 11 is 0. The number of rotatable bonds is 5. The highest BCUT2D eigenvalue weighted by Crippen LogP contribution is 2.23. The van der Waals surface area contributed by atoms with E-state index in [9.17, 15) is 0 Å². The molecule has 1 aromatic rings. The molecule has 0 bridgehead atoms. The van der Waals surface area contributed by atoms with E-state index in [4.69, 9.17) is 10.5 Å². The van der Waals surface area contributed by atoms with Crippen LogP contribution in [-0.4, -0.2) is 37.2 Å². The largest absolute Gasteiger partial charge is 0.492 e. The van der Waals surface area contributed by atoms with Crippen molar-refractivity contribution in [1.29, 1.82) is 0 Å². The van der Waals surface area contributed by atoms with Gasteiger partial charge in [-0.2, -0.15) is 0 Å². The fourth-order valence-electron chi connectivity index (χ4n) is 2.85. The third-order valence-electron chi connectivity index (χ3n) is 4.17. The van der Waals surface area contributed by atoms with Crippen LogP contribution in [0.4, 0.5) is 0 Å². The molecule has 0 atom stereocenters. The van der Waals surface area contributed by atoms with E-state index in [0.717, 1.165) is 44.8 Å². The van der Waals surface area contributed by atoms with Gasteiger partial charge in [0.2, 0.25) is 0 Å². The lowest BCUT2D eigenvalue weighted by Crippen LogP contribution is -2.41. The first-order valence-corrected chi connectivity index (χ1v) is 7.77. The number of piperidine rings is 1. The van der Waals surface area contributed by atoms with Crippen molar-refractivity contribution >= 4 is 0 Å². The monoisotopic (exact) mass is 276 g/mol. The van der Waals surface area contributed by atoms with Crippen molar-refractivity contribution in [3.8, 4) is 5.75 Å². The Balaban J connectivity index is 1.78. The van der Waals surface area contributed by atoms with E-state index < -0.39 is 0 Å². The first-order valence-electron chi connectivity index (χ1n) is 7.77. The smallest absolute Gasteiger partial charge is 0.119 e. The zero-order valence-electron chi connectivity index (χ0n) is 13.1. The number of aryl methyl sites for hydroxylation is 1. The van der Waals surface area contributed by atoms with Crippen molar-refractivity contribution in [3.63, 3.8) is 0 Å². The Morgan fingerprint density at radius 1 is 1.30 bits per heavy atom. The lowest BCUT2D eigenvalue weighted by atomic mass is 9.98. The Morgan fingerprint density at radius 2 is 2.00 bits per heavy atom. The molecular weight excluding hydrogens is 248 g/mol. The summed E-state index contributed by atoms with van der Waals surface area (Å²) in [4.78, 5) is 2.44. The van der Waals surface area contributed by atoms with E-state index in [1.165, 1.54) is 11.1 Å². The predicted octanol–water partition coefficient (Wildman–Crippen LogP) is 2.92. The molecule has 1 heterocycles. The lowest BCUT2D eigenvalue weighted by Gasteiger charge is -2.29. The molecule has 1 fully saturated rings. The van der Waals surface area contributed by atoms with Gasteiger partial charge in [0, 0.05) is 12.6 Å². The second kappa shape index (κ2) is 7.09. The average Bonchev–Trinajstić information content (AvgIpc) is 2.41. The highest BCUT2D eigenvalue weighted by atomic mass is 16.5. The minimum atomic E-state index is 0.401.